The van der Waals surface area contributed by atoms with Crippen LogP contribution in [0.15, 0.2) is 18.2 Å². The summed E-state index contributed by atoms with van der Waals surface area (Å²) >= 11 is 0. The Hall–Kier alpha value is -1.02. The molecule has 2 N–H and O–H groups in total. The van der Waals surface area contributed by atoms with Crippen molar-refractivity contribution in [3.05, 3.63) is 29.3 Å². The fourth-order valence-corrected chi connectivity index (χ4v) is 3.25. The van der Waals surface area contributed by atoms with Crippen molar-refractivity contribution in [3.63, 3.8) is 0 Å². The Morgan fingerprint density at radius 3 is 2.75 bits per heavy atom. The van der Waals surface area contributed by atoms with Gasteiger partial charge in [-0.2, -0.15) is 0 Å². The van der Waals surface area contributed by atoms with Crippen LogP contribution < -0.4 is 10.6 Å². The van der Waals surface area contributed by atoms with Crippen molar-refractivity contribution >= 4 is 5.69 Å². The summed E-state index contributed by atoms with van der Waals surface area (Å²) in [7, 11) is 0. The highest BCUT2D eigenvalue weighted by Crippen LogP contribution is 2.28. The van der Waals surface area contributed by atoms with Crippen LogP contribution in [0.4, 0.5) is 5.69 Å². The largest absolute Gasteiger partial charge is 0.371 e. The van der Waals surface area contributed by atoms with E-state index in [0.717, 1.165) is 19.4 Å². The minimum absolute atomic E-state index is 0.311. The van der Waals surface area contributed by atoms with E-state index in [4.69, 9.17) is 5.73 Å². The van der Waals surface area contributed by atoms with Crippen molar-refractivity contribution in [2.24, 2.45) is 11.1 Å². The van der Waals surface area contributed by atoms with E-state index in [2.05, 4.69) is 50.8 Å². The lowest BCUT2D eigenvalue weighted by Crippen LogP contribution is -2.35. The van der Waals surface area contributed by atoms with E-state index >= 15 is 0 Å². The van der Waals surface area contributed by atoms with Gasteiger partial charge in [0.25, 0.3) is 0 Å². The second-order valence-corrected chi connectivity index (χ2v) is 7.54. The summed E-state index contributed by atoms with van der Waals surface area (Å²) in [6, 6.07) is 7.17. The van der Waals surface area contributed by atoms with Gasteiger partial charge in [-0.15, -0.1) is 0 Å². The monoisotopic (exact) mass is 274 g/mol. The molecule has 0 fully saturated rings. The first-order valence-corrected chi connectivity index (χ1v) is 7.95. The Kier molecular flexibility index (Phi) is 4.74. The molecule has 1 aromatic rings. The van der Waals surface area contributed by atoms with Crippen molar-refractivity contribution in [2.75, 3.05) is 18.0 Å². The molecule has 1 aliphatic heterocycles. The quantitative estimate of drug-likeness (QED) is 0.902. The number of nitrogens with two attached hydrogens (primary N) is 1. The Labute approximate surface area is 124 Å². The van der Waals surface area contributed by atoms with Crippen LogP contribution in [0, 0.1) is 12.3 Å². The zero-order valence-corrected chi connectivity index (χ0v) is 13.6. The zero-order chi connectivity index (χ0) is 14.8. The molecular weight excluding hydrogens is 244 g/mol. The van der Waals surface area contributed by atoms with Crippen molar-refractivity contribution < 1.29 is 0 Å². The Morgan fingerprint density at radius 2 is 2.05 bits per heavy atom. The second kappa shape index (κ2) is 6.17. The van der Waals surface area contributed by atoms with E-state index in [1.54, 1.807) is 0 Å². The van der Waals surface area contributed by atoms with E-state index in [1.165, 1.54) is 36.2 Å². The summed E-state index contributed by atoms with van der Waals surface area (Å²) in [6.07, 6.45) is 4.68. The molecule has 0 aliphatic carbocycles. The fourth-order valence-electron chi connectivity index (χ4n) is 3.25. The second-order valence-electron chi connectivity index (χ2n) is 7.54. The smallest absolute Gasteiger partial charge is 0.0398 e. The molecule has 2 heteroatoms. The van der Waals surface area contributed by atoms with Gasteiger partial charge in [-0.25, -0.2) is 0 Å². The van der Waals surface area contributed by atoms with Crippen LogP contribution in [0.1, 0.15) is 51.2 Å². The third-order valence-corrected chi connectivity index (χ3v) is 4.09. The van der Waals surface area contributed by atoms with Crippen LogP contribution in [0.3, 0.4) is 0 Å². The number of nitrogens with zero attached hydrogens (tertiary/aromatic N) is 1. The van der Waals surface area contributed by atoms with E-state index in [-0.39, 0.29) is 0 Å². The summed E-state index contributed by atoms with van der Waals surface area (Å²) in [5, 5.41) is 0. The molecular formula is C18H30N2. The number of aryl methyl sites for hydroxylation is 2. The number of hydrogen-bond acceptors (Lipinski definition) is 2. The number of hydrogen-bond donors (Lipinski definition) is 1. The van der Waals surface area contributed by atoms with Gasteiger partial charge in [0.15, 0.2) is 0 Å². The first-order valence-electron chi connectivity index (χ1n) is 7.95. The molecule has 0 radical (unpaired) electrons. The molecule has 112 valence electrons. The third kappa shape index (κ3) is 4.24. The number of anilines is 1. The Morgan fingerprint density at radius 1 is 1.30 bits per heavy atom. The first-order chi connectivity index (χ1) is 9.35. The lowest BCUT2D eigenvalue weighted by Gasteiger charge is -2.33. The third-order valence-electron chi connectivity index (χ3n) is 4.09. The number of fused-ring (bicyclic) bond motifs is 1. The maximum atomic E-state index is 6.29. The Bertz CT molecular complexity index is 445. The maximum absolute atomic E-state index is 6.29. The van der Waals surface area contributed by atoms with Crippen molar-refractivity contribution in [2.45, 2.75) is 59.4 Å². The predicted molar refractivity (Wildman–Crippen MR) is 88.4 cm³/mol. The summed E-state index contributed by atoms with van der Waals surface area (Å²) in [4.78, 5) is 2.53. The molecule has 0 aromatic heterocycles. The van der Waals surface area contributed by atoms with Crippen molar-refractivity contribution in [3.8, 4) is 0 Å². The Balaban J connectivity index is 1.95. The maximum Gasteiger partial charge on any atom is 0.0398 e. The highest BCUT2D eigenvalue weighted by atomic mass is 15.1. The molecule has 0 spiro atoms. The van der Waals surface area contributed by atoms with Gasteiger partial charge in [0.05, 0.1) is 0 Å². The predicted octanol–water partition coefficient (Wildman–Crippen LogP) is 3.90. The van der Waals surface area contributed by atoms with Crippen LogP contribution in [0.5, 0.6) is 0 Å². The minimum Gasteiger partial charge on any atom is -0.371 e. The average molecular weight is 274 g/mol. The minimum atomic E-state index is 0.311. The SMILES string of the molecule is Cc1ccc2c(c1)CCCN2CCC(N)CC(C)(C)C. The zero-order valence-electron chi connectivity index (χ0n) is 13.6. The van der Waals surface area contributed by atoms with Crippen LogP contribution in [0.2, 0.25) is 0 Å². The molecule has 1 aliphatic rings. The molecule has 2 rings (SSSR count). The molecule has 0 saturated heterocycles. The normalized spacial score (nSPS) is 16.9. The lowest BCUT2D eigenvalue weighted by atomic mass is 9.87. The van der Waals surface area contributed by atoms with Gasteiger partial charge in [-0.1, -0.05) is 38.5 Å². The van der Waals surface area contributed by atoms with E-state index in [9.17, 15) is 0 Å². The van der Waals surface area contributed by atoms with E-state index < -0.39 is 0 Å². The van der Waals surface area contributed by atoms with Crippen molar-refractivity contribution in [1.29, 1.82) is 0 Å². The van der Waals surface area contributed by atoms with Gasteiger partial charge < -0.3 is 10.6 Å². The molecule has 0 bridgehead atoms. The van der Waals surface area contributed by atoms with Gasteiger partial charge in [0, 0.05) is 24.8 Å². The van der Waals surface area contributed by atoms with Gasteiger partial charge in [-0.05, 0) is 49.7 Å². The van der Waals surface area contributed by atoms with Gasteiger partial charge in [0.2, 0.25) is 0 Å². The molecule has 1 unspecified atom stereocenters. The molecule has 0 amide bonds. The van der Waals surface area contributed by atoms with Crippen LogP contribution in [-0.2, 0) is 6.42 Å². The van der Waals surface area contributed by atoms with E-state index in [0.29, 0.717) is 11.5 Å². The number of rotatable bonds is 4. The molecule has 1 atom stereocenters. The summed E-state index contributed by atoms with van der Waals surface area (Å²) in [5.41, 5.74) is 10.9. The lowest BCUT2D eigenvalue weighted by molar-refractivity contribution is 0.331. The van der Waals surface area contributed by atoms with Gasteiger partial charge in [0.1, 0.15) is 0 Å². The van der Waals surface area contributed by atoms with Crippen LogP contribution in [-0.4, -0.2) is 19.1 Å². The standard InChI is InChI=1S/C18H30N2/c1-14-7-8-17-15(12-14)6-5-10-20(17)11-9-16(19)13-18(2,3)4/h7-8,12,16H,5-6,9-11,13,19H2,1-4H3. The molecule has 0 saturated carbocycles. The fraction of sp³-hybridized carbons (Fsp3) is 0.667. The van der Waals surface area contributed by atoms with Crippen LogP contribution >= 0.6 is 0 Å². The molecule has 1 aromatic carbocycles. The topological polar surface area (TPSA) is 29.3 Å². The highest BCUT2D eigenvalue weighted by Gasteiger charge is 2.19. The van der Waals surface area contributed by atoms with Crippen LogP contribution in [0.25, 0.3) is 0 Å². The molecule has 2 nitrogen and oxygen atoms in total. The first kappa shape index (κ1) is 15.4. The summed E-state index contributed by atoms with van der Waals surface area (Å²) in [5.74, 6) is 0. The number of benzene rings is 1. The van der Waals surface area contributed by atoms with Gasteiger partial charge >= 0.3 is 0 Å². The highest BCUT2D eigenvalue weighted by molar-refractivity contribution is 5.56. The summed E-state index contributed by atoms with van der Waals surface area (Å²) in [6.45, 7) is 11.3. The molecule has 20 heavy (non-hydrogen) atoms. The van der Waals surface area contributed by atoms with Gasteiger partial charge in [-0.3, -0.25) is 0 Å². The summed E-state index contributed by atoms with van der Waals surface area (Å²) < 4.78 is 0. The van der Waals surface area contributed by atoms with Crippen molar-refractivity contribution in [1.82, 2.24) is 0 Å². The van der Waals surface area contributed by atoms with E-state index in [1.807, 2.05) is 0 Å². The molecule has 1 heterocycles. The average Bonchev–Trinajstić information content (AvgIpc) is 2.33.